The van der Waals surface area contributed by atoms with Crippen molar-refractivity contribution >= 4 is 17.7 Å². The van der Waals surface area contributed by atoms with Crippen LogP contribution in [0.25, 0.3) is 0 Å². The Morgan fingerprint density at radius 2 is 2.00 bits per heavy atom. The predicted molar refractivity (Wildman–Crippen MR) is 77.6 cm³/mol. The van der Waals surface area contributed by atoms with Gasteiger partial charge in [0.25, 0.3) is 0 Å². The zero-order chi connectivity index (χ0) is 13.5. The van der Waals surface area contributed by atoms with Crippen molar-refractivity contribution in [3.63, 3.8) is 0 Å². The molecule has 0 aliphatic heterocycles. The number of nitrogens with zero attached hydrogens (tertiary/aromatic N) is 1. The molecule has 0 saturated carbocycles. The van der Waals surface area contributed by atoms with Crippen LogP contribution in [-0.4, -0.2) is 48.0 Å². The quantitative estimate of drug-likeness (QED) is 0.763. The van der Waals surface area contributed by atoms with Crippen molar-refractivity contribution in [2.75, 3.05) is 25.6 Å². The van der Waals surface area contributed by atoms with Gasteiger partial charge in [-0.05, 0) is 46.1 Å². The fraction of sp³-hybridized carbons (Fsp3) is 0.923. The van der Waals surface area contributed by atoms with Gasteiger partial charge in [-0.15, -0.1) is 0 Å². The molecular formula is C13H28N2OS. The molecule has 1 amide bonds. The molecule has 0 aromatic heterocycles. The molecule has 0 saturated heterocycles. The molecule has 0 aliphatic rings. The lowest BCUT2D eigenvalue weighted by Gasteiger charge is -2.26. The molecule has 0 spiro atoms. The van der Waals surface area contributed by atoms with E-state index in [9.17, 15) is 4.79 Å². The van der Waals surface area contributed by atoms with Crippen LogP contribution >= 0.6 is 11.8 Å². The summed E-state index contributed by atoms with van der Waals surface area (Å²) in [5.41, 5.74) is 0.0866. The smallest absolute Gasteiger partial charge is 0.223 e. The second-order valence-electron chi connectivity index (χ2n) is 5.56. The number of nitrogens with one attached hydrogen (secondary N) is 1. The lowest BCUT2D eigenvalue weighted by atomic mass is 10.1. The van der Waals surface area contributed by atoms with Crippen LogP contribution in [0.2, 0.25) is 0 Å². The Kier molecular flexibility index (Phi) is 7.88. The fourth-order valence-electron chi connectivity index (χ4n) is 1.45. The molecule has 102 valence electrons. The average Bonchev–Trinajstić information content (AvgIpc) is 2.22. The molecule has 1 unspecified atom stereocenters. The van der Waals surface area contributed by atoms with E-state index in [0.29, 0.717) is 12.5 Å². The molecule has 1 N–H and O–H groups in total. The Balaban J connectivity index is 3.89. The largest absolute Gasteiger partial charge is 0.343 e. The zero-order valence-corrected chi connectivity index (χ0v) is 13.0. The summed E-state index contributed by atoms with van der Waals surface area (Å²) in [4.78, 5) is 13.8. The van der Waals surface area contributed by atoms with Crippen LogP contribution in [0.1, 0.15) is 40.5 Å². The highest BCUT2D eigenvalue weighted by molar-refractivity contribution is 7.98. The van der Waals surface area contributed by atoms with Crippen molar-refractivity contribution in [3.05, 3.63) is 0 Å². The highest BCUT2D eigenvalue weighted by atomic mass is 32.2. The van der Waals surface area contributed by atoms with Gasteiger partial charge in [-0.2, -0.15) is 11.8 Å². The fourth-order valence-corrected chi connectivity index (χ4v) is 2.03. The van der Waals surface area contributed by atoms with Gasteiger partial charge in [0.2, 0.25) is 5.91 Å². The van der Waals surface area contributed by atoms with Crippen molar-refractivity contribution in [2.45, 2.75) is 52.1 Å². The maximum atomic E-state index is 11.9. The van der Waals surface area contributed by atoms with Gasteiger partial charge < -0.3 is 10.2 Å². The SMILES string of the molecule is CSCCC(C)N(C)C(=O)CCNC(C)(C)C. The van der Waals surface area contributed by atoms with Gasteiger partial charge >= 0.3 is 0 Å². The van der Waals surface area contributed by atoms with Crippen molar-refractivity contribution in [1.29, 1.82) is 0 Å². The lowest BCUT2D eigenvalue weighted by Crippen LogP contribution is -2.40. The molecule has 0 aromatic carbocycles. The molecule has 0 radical (unpaired) electrons. The molecule has 4 heteroatoms. The minimum absolute atomic E-state index is 0.0866. The van der Waals surface area contributed by atoms with E-state index in [4.69, 9.17) is 0 Å². The summed E-state index contributed by atoms with van der Waals surface area (Å²) in [5, 5.41) is 3.34. The molecule has 0 heterocycles. The predicted octanol–water partition coefficient (Wildman–Crippen LogP) is 2.36. The van der Waals surface area contributed by atoms with E-state index < -0.39 is 0 Å². The Labute approximate surface area is 111 Å². The highest BCUT2D eigenvalue weighted by Crippen LogP contribution is 2.07. The van der Waals surface area contributed by atoms with Crippen LogP contribution in [0.15, 0.2) is 0 Å². The van der Waals surface area contributed by atoms with E-state index in [1.54, 1.807) is 0 Å². The Bertz CT molecular complexity index is 226. The standard InChI is InChI=1S/C13H28N2OS/c1-11(8-10-17-6)15(5)12(16)7-9-14-13(2,3)4/h11,14H,7-10H2,1-6H3. The summed E-state index contributed by atoms with van der Waals surface area (Å²) >= 11 is 1.83. The molecule has 0 aliphatic carbocycles. The molecule has 3 nitrogen and oxygen atoms in total. The number of thioether (sulfide) groups is 1. The highest BCUT2D eigenvalue weighted by Gasteiger charge is 2.16. The first kappa shape index (κ1) is 16.8. The normalized spacial score (nSPS) is 13.5. The molecule has 17 heavy (non-hydrogen) atoms. The number of amides is 1. The summed E-state index contributed by atoms with van der Waals surface area (Å²) in [5.74, 6) is 1.34. The third-order valence-corrected chi connectivity index (χ3v) is 3.43. The minimum atomic E-state index is 0.0866. The van der Waals surface area contributed by atoms with E-state index in [1.165, 1.54) is 0 Å². The Morgan fingerprint density at radius 1 is 1.41 bits per heavy atom. The van der Waals surface area contributed by atoms with Gasteiger partial charge in [-0.1, -0.05) is 0 Å². The van der Waals surface area contributed by atoms with Gasteiger partial charge in [0.1, 0.15) is 0 Å². The maximum Gasteiger partial charge on any atom is 0.223 e. The zero-order valence-electron chi connectivity index (χ0n) is 12.2. The molecule has 0 fully saturated rings. The minimum Gasteiger partial charge on any atom is -0.343 e. The van der Waals surface area contributed by atoms with E-state index in [2.05, 4.69) is 39.3 Å². The van der Waals surface area contributed by atoms with Gasteiger partial charge in [-0.25, -0.2) is 0 Å². The van der Waals surface area contributed by atoms with E-state index >= 15 is 0 Å². The average molecular weight is 260 g/mol. The summed E-state index contributed by atoms with van der Waals surface area (Å²) in [6, 6.07) is 0.338. The summed E-state index contributed by atoms with van der Waals surface area (Å²) in [6.45, 7) is 9.21. The summed E-state index contributed by atoms with van der Waals surface area (Å²) in [6.07, 6.45) is 3.75. The summed E-state index contributed by atoms with van der Waals surface area (Å²) < 4.78 is 0. The van der Waals surface area contributed by atoms with Crippen LogP contribution in [-0.2, 0) is 4.79 Å². The van der Waals surface area contributed by atoms with Crippen LogP contribution in [0, 0.1) is 0 Å². The first-order chi connectivity index (χ1) is 7.78. The van der Waals surface area contributed by atoms with Crippen LogP contribution < -0.4 is 5.32 Å². The van der Waals surface area contributed by atoms with Crippen molar-refractivity contribution in [3.8, 4) is 0 Å². The molecule has 0 rings (SSSR count). The van der Waals surface area contributed by atoms with E-state index in [0.717, 1.165) is 18.7 Å². The van der Waals surface area contributed by atoms with Crippen molar-refractivity contribution in [2.24, 2.45) is 0 Å². The molecule has 1 atom stereocenters. The number of rotatable bonds is 7. The van der Waals surface area contributed by atoms with Crippen molar-refractivity contribution < 1.29 is 4.79 Å². The molecule has 0 aromatic rings. The first-order valence-electron chi connectivity index (χ1n) is 6.27. The number of hydrogen-bond acceptors (Lipinski definition) is 3. The van der Waals surface area contributed by atoms with Crippen LogP contribution in [0.5, 0.6) is 0 Å². The second-order valence-corrected chi connectivity index (χ2v) is 6.55. The second kappa shape index (κ2) is 7.98. The third kappa shape index (κ3) is 8.50. The van der Waals surface area contributed by atoms with Gasteiger partial charge in [0, 0.05) is 31.6 Å². The summed E-state index contributed by atoms with van der Waals surface area (Å²) in [7, 11) is 1.91. The number of carbonyl (C=O) groups excluding carboxylic acids is 1. The van der Waals surface area contributed by atoms with E-state index in [-0.39, 0.29) is 11.4 Å². The maximum absolute atomic E-state index is 11.9. The van der Waals surface area contributed by atoms with Gasteiger partial charge in [-0.3, -0.25) is 4.79 Å². The Hall–Kier alpha value is -0.220. The topological polar surface area (TPSA) is 32.3 Å². The molecule has 0 bridgehead atoms. The first-order valence-corrected chi connectivity index (χ1v) is 7.67. The van der Waals surface area contributed by atoms with Crippen LogP contribution in [0.4, 0.5) is 0 Å². The van der Waals surface area contributed by atoms with Gasteiger partial charge in [0.05, 0.1) is 0 Å². The van der Waals surface area contributed by atoms with Crippen LogP contribution in [0.3, 0.4) is 0 Å². The monoisotopic (exact) mass is 260 g/mol. The Morgan fingerprint density at radius 3 is 2.47 bits per heavy atom. The number of hydrogen-bond donors (Lipinski definition) is 1. The van der Waals surface area contributed by atoms with E-state index in [1.807, 2.05) is 23.7 Å². The lowest BCUT2D eigenvalue weighted by molar-refractivity contribution is -0.131. The van der Waals surface area contributed by atoms with Crippen molar-refractivity contribution in [1.82, 2.24) is 10.2 Å². The molecular weight excluding hydrogens is 232 g/mol. The third-order valence-electron chi connectivity index (χ3n) is 2.79. The number of carbonyl (C=O) groups is 1. The van der Waals surface area contributed by atoms with Gasteiger partial charge in [0.15, 0.2) is 0 Å².